The van der Waals surface area contributed by atoms with E-state index < -0.39 is 0 Å². The van der Waals surface area contributed by atoms with Crippen molar-refractivity contribution >= 4 is 5.97 Å². The monoisotopic (exact) mass is 336 g/mol. The third kappa shape index (κ3) is 3.13. The van der Waals surface area contributed by atoms with Crippen molar-refractivity contribution in [2.24, 2.45) is 5.92 Å². The van der Waals surface area contributed by atoms with Crippen LogP contribution in [-0.2, 0) is 9.53 Å². The van der Waals surface area contributed by atoms with Crippen LogP contribution < -0.4 is 0 Å². The largest absolute Gasteiger partial charge is 0.466 e. The van der Waals surface area contributed by atoms with E-state index in [1.54, 1.807) is 19.3 Å². The summed E-state index contributed by atoms with van der Waals surface area (Å²) in [4.78, 5) is 20.5. The fraction of sp³-hybridized carbons (Fsp3) is 0.278. The molecule has 25 heavy (non-hydrogen) atoms. The summed E-state index contributed by atoms with van der Waals surface area (Å²) in [5, 5.41) is 8.12. The standard InChI is InChI=1S/C18H16N4O3/c1-2-24-18(23)13-8-12(13)14-9-19-10-15(20-14)17-22-21-16(25-17)11-6-4-3-5-7-11/h3-7,9-10,12-13H,2,8H2,1H3. The molecule has 7 heteroatoms. The van der Waals surface area contributed by atoms with E-state index >= 15 is 0 Å². The Kier molecular flexibility index (Phi) is 3.97. The molecule has 1 aliphatic carbocycles. The van der Waals surface area contributed by atoms with Gasteiger partial charge in [-0.3, -0.25) is 9.78 Å². The highest BCUT2D eigenvalue weighted by molar-refractivity contribution is 5.77. The molecule has 4 rings (SSSR count). The Bertz CT molecular complexity index is 894. The van der Waals surface area contributed by atoms with Gasteiger partial charge in [0.2, 0.25) is 5.89 Å². The lowest BCUT2D eigenvalue weighted by atomic mass is 10.2. The highest BCUT2D eigenvalue weighted by Gasteiger charge is 2.46. The lowest BCUT2D eigenvalue weighted by Crippen LogP contribution is -2.07. The van der Waals surface area contributed by atoms with Gasteiger partial charge in [0.05, 0.1) is 24.4 Å². The van der Waals surface area contributed by atoms with Gasteiger partial charge in [0, 0.05) is 17.7 Å². The topological polar surface area (TPSA) is 91.0 Å². The molecule has 126 valence electrons. The summed E-state index contributed by atoms with van der Waals surface area (Å²) in [6.45, 7) is 2.19. The van der Waals surface area contributed by atoms with E-state index in [9.17, 15) is 4.79 Å². The van der Waals surface area contributed by atoms with Gasteiger partial charge in [0.1, 0.15) is 5.69 Å². The smallest absolute Gasteiger partial charge is 0.309 e. The number of ether oxygens (including phenoxy) is 1. The van der Waals surface area contributed by atoms with Crippen LogP contribution in [0.25, 0.3) is 23.0 Å². The molecule has 0 saturated heterocycles. The van der Waals surface area contributed by atoms with Crippen LogP contribution in [0.3, 0.4) is 0 Å². The third-order valence-corrected chi connectivity index (χ3v) is 4.08. The first-order chi connectivity index (χ1) is 12.3. The molecule has 0 amide bonds. The van der Waals surface area contributed by atoms with Crippen LogP contribution in [0.4, 0.5) is 0 Å². The van der Waals surface area contributed by atoms with Gasteiger partial charge in [-0.2, -0.15) is 0 Å². The molecule has 2 atom stereocenters. The van der Waals surface area contributed by atoms with Crippen LogP contribution in [0.2, 0.25) is 0 Å². The summed E-state index contributed by atoms with van der Waals surface area (Å²) in [5.74, 6) is 0.471. The van der Waals surface area contributed by atoms with Crippen LogP contribution in [0.5, 0.6) is 0 Å². The van der Waals surface area contributed by atoms with Crippen molar-refractivity contribution in [1.29, 1.82) is 0 Å². The molecule has 7 nitrogen and oxygen atoms in total. The zero-order chi connectivity index (χ0) is 17.2. The summed E-state index contributed by atoms with van der Waals surface area (Å²) >= 11 is 0. The minimum atomic E-state index is -0.177. The molecule has 0 spiro atoms. The predicted octanol–water partition coefficient (Wildman–Crippen LogP) is 2.86. The van der Waals surface area contributed by atoms with Gasteiger partial charge >= 0.3 is 5.97 Å². The van der Waals surface area contributed by atoms with E-state index in [-0.39, 0.29) is 17.8 Å². The molecule has 0 bridgehead atoms. The van der Waals surface area contributed by atoms with Gasteiger partial charge < -0.3 is 9.15 Å². The zero-order valence-corrected chi connectivity index (χ0v) is 13.6. The Morgan fingerprint density at radius 3 is 2.80 bits per heavy atom. The maximum absolute atomic E-state index is 11.8. The molecule has 2 aromatic heterocycles. The van der Waals surface area contributed by atoms with Gasteiger partial charge in [-0.05, 0) is 25.5 Å². The lowest BCUT2D eigenvalue weighted by Gasteiger charge is -2.01. The number of benzene rings is 1. The summed E-state index contributed by atoms with van der Waals surface area (Å²) < 4.78 is 10.8. The molecule has 0 radical (unpaired) electrons. The molecular formula is C18H16N4O3. The van der Waals surface area contributed by atoms with Gasteiger partial charge in [-0.15, -0.1) is 10.2 Å². The third-order valence-electron chi connectivity index (χ3n) is 4.08. The molecule has 2 unspecified atom stereocenters. The van der Waals surface area contributed by atoms with Crippen LogP contribution in [0.1, 0.15) is 25.0 Å². The maximum Gasteiger partial charge on any atom is 0.309 e. The normalized spacial score (nSPS) is 18.8. The van der Waals surface area contributed by atoms with E-state index in [1.807, 2.05) is 30.3 Å². The van der Waals surface area contributed by atoms with Gasteiger partial charge in [-0.25, -0.2) is 4.98 Å². The SMILES string of the molecule is CCOC(=O)C1CC1c1cncc(-c2nnc(-c3ccccc3)o2)n1. The van der Waals surface area contributed by atoms with Crippen molar-refractivity contribution in [3.63, 3.8) is 0 Å². The van der Waals surface area contributed by atoms with E-state index in [2.05, 4.69) is 20.2 Å². The second-order valence-electron chi connectivity index (χ2n) is 5.81. The molecule has 1 fully saturated rings. The van der Waals surface area contributed by atoms with Crippen molar-refractivity contribution in [3.8, 4) is 23.0 Å². The number of hydrogen-bond acceptors (Lipinski definition) is 7. The quantitative estimate of drug-likeness (QED) is 0.662. The van der Waals surface area contributed by atoms with E-state index in [0.717, 1.165) is 17.7 Å². The van der Waals surface area contributed by atoms with Crippen molar-refractivity contribution in [3.05, 3.63) is 48.4 Å². The molecule has 3 aromatic rings. The summed E-state index contributed by atoms with van der Waals surface area (Å²) in [7, 11) is 0. The molecular weight excluding hydrogens is 320 g/mol. The first kappa shape index (κ1) is 15.4. The predicted molar refractivity (Wildman–Crippen MR) is 88.2 cm³/mol. The number of nitrogens with zero attached hydrogens (tertiary/aromatic N) is 4. The minimum Gasteiger partial charge on any atom is -0.466 e. The summed E-state index contributed by atoms with van der Waals surface area (Å²) in [6.07, 6.45) is 3.98. The Balaban J connectivity index is 1.55. The van der Waals surface area contributed by atoms with Crippen LogP contribution in [0.15, 0.2) is 47.1 Å². The number of carbonyl (C=O) groups excluding carboxylic acids is 1. The fourth-order valence-electron chi connectivity index (χ4n) is 2.72. The Hall–Kier alpha value is -3.09. The van der Waals surface area contributed by atoms with Crippen molar-refractivity contribution in [2.75, 3.05) is 6.61 Å². The first-order valence-corrected chi connectivity index (χ1v) is 8.14. The second-order valence-corrected chi connectivity index (χ2v) is 5.81. The Morgan fingerprint density at radius 1 is 1.20 bits per heavy atom. The van der Waals surface area contributed by atoms with Gasteiger partial charge in [0.25, 0.3) is 5.89 Å². The first-order valence-electron chi connectivity index (χ1n) is 8.14. The Labute approximate surface area is 144 Å². The minimum absolute atomic E-state index is 0.0445. The number of carbonyl (C=O) groups is 1. The molecule has 0 N–H and O–H groups in total. The average molecular weight is 336 g/mol. The summed E-state index contributed by atoms with van der Waals surface area (Å²) in [6, 6.07) is 9.52. The van der Waals surface area contributed by atoms with Crippen molar-refractivity contribution in [1.82, 2.24) is 20.2 Å². The highest BCUT2D eigenvalue weighted by Crippen LogP contribution is 2.47. The molecule has 1 aliphatic rings. The van der Waals surface area contributed by atoms with Gasteiger partial charge in [-0.1, -0.05) is 18.2 Å². The van der Waals surface area contributed by atoms with Crippen LogP contribution in [-0.4, -0.2) is 32.7 Å². The average Bonchev–Trinajstić information content (AvgIpc) is 3.31. The van der Waals surface area contributed by atoms with Crippen molar-refractivity contribution < 1.29 is 13.9 Å². The maximum atomic E-state index is 11.8. The fourth-order valence-corrected chi connectivity index (χ4v) is 2.72. The Morgan fingerprint density at radius 2 is 2.00 bits per heavy atom. The van der Waals surface area contributed by atoms with Crippen LogP contribution in [0, 0.1) is 5.92 Å². The molecule has 0 aliphatic heterocycles. The number of rotatable bonds is 5. The summed E-state index contributed by atoms with van der Waals surface area (Å²) in [5.41, 5.74) is 2.09. The van der Waals surface area contributed by atoms with E-state index in [0.29, 0.717) is 24.1 Å². The highest BCUT2D eigenvalue weighted by atomic mass is 16.5. The van der Waals surface area contributed by atoms with Gasteiger partial charge in [0.15, 0.2) is 0 Å². The number of hydrogen-bond donors (Lipinski definition) is 0. The second kappa shape index (κ2) is 6.43. The number of aromatic nitrogens is 4. The van der Waals surface area contributed by atoms with Crippen LogP contribution >= 0.6 is 0 Å². The molecule has 1 saturated carbocycles. The van der Waals surface area contributed by atoms with E-state index in [4.69, 9.17) is 9.15 Å². The molecule has 2 heterocycles. The van der Waals surface area contributed by atoms with E-state index in [1.165, 1.54) is 0 Å². The number of esters is 1. The zero-order valence-electron chi connectivity index (χ0n) is 13.6. The molecule has 1 aromatic carbocycles. The van der Waals surface area contributed by atoms with Crippen molar-refractivity contribution in [2.45, 2.75) is 19.3 Å². The lowest BCUT2D eigenvalue weighted by molar-refractivity contribution is -0.144.